The summed E-state index contributed by atoms with van der Waals surface area (Å²) in [6.45, 7) is 13.0. The Hall–Kier alpha value is -0.280. The highest BCUT2D eigenvalue weighted by Gasteiger charge is 1.98. The molecule has 23 heavy (non-hydrogen) atoms. The van der Waals surface area contributed by atoms with Crippen molar-refractivity contribution in [1.29, 1.82) is 0 Å². The summed E-state index contributed by atoms with van der Waals surface area (Å²) in [5.74, 6) is 0. The highest BCUT2D eigenvalue weighted by atomic mass is 16.6. The van der Waals surface area contributed by atoms with E-state index in [2.05, 4.69) is 18.7 Å². The summed E-state index contributed by atoms with van der Waals surface area (Å²) in [5, 5.41) is 8.51. The quantitative estimate of drug-likeness (QED) is 0.342. The number of nitrogens with zero attached hydrogens (tertiary/aromatic N) is 1. The van der Waals surface area contributed by atoms with Gasteiger partial charge in [-0.3, -0.25) is 0 Å². The van der Waals surface area contributed by atoms with Gasteiger partial charge >= 0.3 is 0 Å². The van der Waals surface area contributed by atoms with Crippen LogP contribution in [0.2, 0.25) is 0 Å². The SMILES string of the molecule is CCN(CC)CCOCCOCCOCCOCCOCCO. The molecule has 0 aromatic heterocycles. The molecule has 0 aliphatic carbocycles. The zero-order valence-electron chi connectivity index (χ0n) is 14.8. The summed E-state index contributed by atoms with van der Waals surface area (Å²) in [6, 6.07) is 0. The van der Waals surface area contributed by atoms with Gasteiger partial charge in [0.25, 0.3) is 0 Å². The van der Waals surface area contributed by atoms with Crippen LogP contribution in [0.3, 0.4) is 0 Å². The lowest BCUT2D eigenvalue weighted by Gasteiger charge is -2.17. The molecule has 0 saturated heterocycles. The van der Waals surface area contributed by atoms with Crippen LogP contribution in [0.5, 0.6) is 0 Å². The fraction of sp³-hybridized carbons (Fsp3) is 1.00. The van der Waals surface area contributed by atoms with Crippen LogP contribution < -0.4 is 0 Å². The van der Waals surface area contributed by atoms with Crippen LogP contribution in [0.15, 0.2) is 0 Å². The van der Waals surface area contributed by atoms with Crippen molar-refractivity contribution in [2.75, 3.05) is 92.3 Å². The Labute approximate surface area is 140 Å². The molecule has 0 amide bonds. The van der Waals surface area contributed by atoms with Crippen molar-refractivity contribution >= 4 is 0 Å². The molecule has 1 N–H and O–H groups in total. The Morgan fingerprint density at radius 2 is 0.913 bits per heavy atom. The molecule has 0 aliphatic heterocycles. The van der Waals surface area contributed by atoms with Crippen LogP contribution in [-0.2, 0) is 23.7 Å². The largest absolute Gasteiger partial charge is 0.394 e. The number of likely N-dealkylation sites (N-methyl/N-ethyl adjacent to an activating group) is 1. The Morgan fingerprint density at radius 1 is 0.565 bits per heavy atom. The summed E-state index contributed by atoms with van der Waals surface area (Å²) in [5.41, 5.74) is 0. The third kappa shape index (κ3) is 17.9. The van der Waals surface area contributed by atoms with Crippen LogP contribution in [0.4, 0.5) is 0 Å². The first-order chi connectivity index (χ1) is 11.3. The molecule has 0 aliphatic rings. The van der Waals surface area contributed by atoms with Crippen LogP contribution in [0.25, 0.3) is 0 Å². The smallest absolute Gasteiger partial charge is 0.0701 e. The van der Waals surface area contributed by atoms with E-state index in [0.29, 0.717) is 59.5 Å². The Kier molecular flexibility index (Phi) is 19.5. The van der Waals surface area contributed by atoms with E-state index in [1.807, 2.05) is 0 Å². The molecule has 0 fully saturated rings. The van der Waals surface area contributed by atoms with Crippen molar-refractivity contribution in [3.63, 3.8) is 0 Å². The predicted molar refractivity (Wildman–Crippen MR) is 89.0 cm³/mol. The summed E-state index contributed by atoms with van der Waals surface area (Å²) < 4.78 is 26.7. The number of rotatable bonds is 19. The normalized spacial score (nSPS) is 11.5. The van der Waals surface area contributed by atoms with Gasteiger partial charge in [-0.25, -0.2) is 0 Å². The van der Waals surface area contributed by atoms with Crippen molar-refractivity contribution in [2.24, 2.45) is 0 Å². The van der Waals surface area contributed by atoms with Gasteiger partial charge in [-0.2, -0.15) is 0 Å². The van der Waals surface area contributed by atoms with E-state index in [1.54, 1.807) is 0 Å². The van der Waals surface area contributed by atoms with Gasteiger partial charge in [-0.1, -0.05) is 13.8 Å². The van der Waals surface area contributed by atoms with Crippen molar-refractivity contribution in [1.82, 2.24) is 4.90 Å². The molecule has 0 aromatic carbocycles. The number of aliphatic hydroxyl groups is 1. The summed E-state index contributed by atoms with van der Waals surface area (Å²) in [6.07, 6.45) is 0. The van der Waals surface area contributed by atoms with Crippen molar-refractivity contribution < 1.29 is 28.8 Å². The van der Waals surface area contributed by atoms with E-state index < -0.39 is 0 Å². The second-order valence-corrected chi connectivity index (χ2v) is 4.81. The Bertz CT molecular complexity index is 217. The fourth-order valence-corrected chi connectivity index (χ4v) is 1.78. The summed E-state index contributed by atoms with van der Waals surface area (Å²) in [7, 11) is 0. The van der Waals surface area contributed by atoms with Gasteiger partial charge < -0.3 is 33.7 Å². The summed E-state index contributed by atoms with van der Waals surface area (Å²) >= 11 is 0. The first kappa shape index (κ1) is 22.7. The topological polar surface area (TPSA) is 69.6 Å². The van der Waals surface area contributed by atoms with Gasteiger partial charge in [0.1, 0.15) is 0 Å². The molecule has 0 spiro atoms. The second kappa shape index (κ2) is 19.8. The van der Waals surface area contributed by atoms with E-state index >= 15 is 0 Å². The number of hydrogen-bond donors (Lipinski definition) is 1. The van der Waals surface area contributed by atoms with E-state index in [1.165, 1.54) is 0 Å². The maximum absolute atomic E-state index is 8.51. The molecule has 7 nitrogen and oxygen atoms in total. The highest BCUT2D eigenvalue weighted by molar-refractivity contribution is 4.50. The van der Waals surface area contributed by atoms with Gasteiger partial charge in [0.15, 0.2) is 0 Å². The molecule has 0 radical (unpaired) electrons. The van der Waals surface area contributed by atoms with Gasteiger partial charge in [-0.05, 0) is 13.1 Å². The minimum atomic E-state index is 0.0457. The third-order valence-electron chi connectivity index (χ3n) is 3.17. The lowest BCUT2D eigenvalue weighted by Crippen LogP contribution is -2.27. The van der Waals surface area contributed by atoms with Gasteiger partial charge in [0.2, 0.25) is 0 Å². The number of ether oxygens (including phenoxy) is 5. The van der Waals surface area contributed by atoms with Crippen LogP contribution in [-0.4, -0.2) is 102 Å². The average molecular weight is 337 g/mol. The van der Waals surface area contributed by atoms with Gasteiger partial charge in [-0.15, -0.1) is 0 Å². The first-order valence-corrected chi connectivity index (χ1v) is 8.57. The van der Waals surface area contributed by atoms with Crippen molar-refractivity contribution in [3.05, 3.63) is 0 Å². The molecule has 0 atom stereocenters. The zero-order chi connectivity index (χ0) is 17.0. The molecule has 7 heteroatoms. The predicted octanol–water partition coefficient (Wildman–Crippen LogP) is 0.404. The molecule has 0 rings (SSSR count). The van der Waals surface area contributed by atoms with Crippen molar-refractivity contribution in [3.8, 4) is 0 Å². The third-order valence-corrected chi connectivity index (χ3v) is 3.17. The monoisotopic (exact) mass is 337 g/mol. The van der Waals surface area contributed by atoms with Gasteiger partial charge in [0.05, 0.1) is 72.7 Å². The molecule has 0 heterocycles. The van der Waals surface area contributed by atoms with Crippen molar-refractivity contribution in [2.45, 2.75) is 13.8 Å². The van der Waals surface area contributed by atoms with E-state index in [0.717, 1.165) is 26.2 Å². The van der Waals surface area contributed by atoms with E-state index in [9.17, 15) is 0 Å². The molecular formula is C16H35NO6. The minimum absolute atomic E-state index is 0.0457. The second-order valence-electron chi connectivity index (χ2n) is 4.81. The molecule has 0 aromatic rings. The number of aliphatic hydroxyl groups excluding tert-OH is 1. The molecule has 0 bridgehead atoms. The van der Waals surface area contributed by atoms with Crippen LogP contribution in [0.1, 0.15) is 13.8 Å². The van der Waals surface area contributed by atoms with E-state index in [4.69, 9.17) is 28.8 Å². The summed E-state index contributed by atoms with van der Waals surface area (Å²) in [4.78, 5) is 2.33. The maximum atomic E-state index is 8.51. The standard InChI is InChI=1S/C16H35NO6/c1-3-17(4-2)5-7-19-9-11-21-13-15-23-16-14-22-12-10-20-8-6-18/h18H,3-16H2,1-2H3. The first-order valence-electron chi connectivity index (χ1n) is 8.57. The van der Waals surface area contributed by atoms with Crippen LogP contribution in [0, 0.1) is 0 Å². The Balaban J connectivity index is 3.02. The maximum Gasteiger partial charge on any atom is 0.0701 e. The molecule has 0 saturated carbocycles. The molecular weight excluding hydrogens is 302 g/mol. The van der Waals surface area contributed by atoms with E-state index in [-0.39, 0.29) is 6.61 Å². The lowest BCUT2D eigenvalue weighted by atomic mass is 10.5. The Morgan fingerprint density at radius 3 is 1.26 bits per heavy atom. The fourth-order valence-electron chi connectivity index (χ4n) is 1.78. The van der Waals surface area contributed by atoms with Gasteiger partial charge in [0, 0.05) is 6.54 Å². The highest BCUT2D eigenvalue weighted by Crippen LogP contribution is 1.88. The van der Waals surface area contributed by atoms with Crippen LogP contribution >= 0.6 is 0 Å². The molecule has 0 unspecified atom stereocenters. The minimum Gasteiger partial charge on any atom is -0.394 e. The molecule has 140 valence electrons. The number of hydrogen-bond acceptors (Lipinski definition) is 7. The lowest BCUT2D eigenvalue weighted by molar-refractivity contribution is -0.0141. The average Bonchev–Trinajstić information content (AvgIpc) is 2.58. The zero-order valence-corrected chi connectivity index (χ0v) is 14.8.